The number of nitrogens with zero attached hydrogens (tertiary/aromatic N) is 1. The third-order valence-electron chi connectivity index (χ3n) is 5.81. The minimum atomic E-state index is -0.818. The number of ketones is 1. The van der Waals surface area contributed by atoms with Gasteiger partial charge in [-0.05, 0) is 42.5 Å². The second-order valence-electron chi connectivity index (χ2n) is 7.28. The largest absolute Gasteiger partial charge is 0.493 e. The maximum Gasteiger partial charge on any atom is 0.325 e. The molecule has 0 unspecified atom stereocenters. The molecule has 0 aromatic heterocycles. The second-order valence-corrected chi connectivity index (χ2v) is 7.28. The quantitative estimate of drug-likeness (QED) is 0.675. The van der Waals surface area contributed by atoms with Gasteiger partial charge in [0.2, 0.25) is 0 Å². The van der Waals surface area contributed by atoms with Crippen LogP contribution in [0.5, 0.6) is 5.75 Å². The lowest BCUT2D eigenvalue weighted by atomic mass is 9.73. The minimum absolute atomic E-state index is 0.0925. The fourth-order valence-electron chi connectivity index (χ4n) is 4.23. The van der Waals surface area contributed by atoms with Crippen molar-refractivity contribution in [2.24, 2.45) is 5.92 Å². The van der Waals surface area contributed by atoms with Gasteiger partial charge in [-0.2, -0.15) is 0 Å². The Hall–Kier alpha value is -2.37. The highest BCUT2D eigenvalue weighted by Crippen LogP contribution is 2.38. The summed E-state index contributed by atoms with van der Waals surface area (Å²) in [6, 6.07) is 4.84. The summed E-state index contributed by atoms with van der Waals surface area (Å²) >= 11 is 0. The number of nitrogens with one attached hydrogen (secondary N) is 1. The van der Waals surface area contributed by atoms with E-state index >= 15 is 0 Å². The second kappa shape index (κ2) is 5.86. The van der Waals surface area contributed by atoms with Crippen molar-refractivity contribution < 1.29 is 19.1 Å². The number of ether oxygens (including phenoxy) is 1. The molecule has 6 nitrogen and oxygen atoms in total. The van der Waals surface area contributed by atoms with Crippen LogP contribution in [0.4, 0.5) is 4.79 Å². The monoisotopic (exact) mass is 342 g/mol. The Labute approximate surface area is 146 Å². The van der Waals surface area contributed by atoms with Crippen LogP contribution in [0, 0.1) is 5.92 Å². The number of Topliss-reactive ketones (excluding diaryl/α,β-unsaturated/α-hetero) is 1. The molecular weight excluding hydrogens is 320 g/mol. The van der Waals surface area contributed by atoms with Crippen molar-refractivity contribution in [3.05, 3.63) is 29.3 Å². The van der Waals surface area contributed by atoms with Crippen molar-refractivity contribution in [2.75, 3.05) is 13.2 Å². The summed E-state index contributed by atoms with van der Waals surface area (Å²) in [6.07, 6.45) is 4.34. The van der Waals surface area contributed by atoms with Crippen LogP contribution in [0.15, 0.2) is 18.2 Å². The van der Waals surface area contributed by atoms with Crippen LogP contribution in [0.25, 0.3) is 0 Å². The highest BCUT2D eigenvalue weighted by Gasteiger charge is 2.55. The van der Waals surface area contributed by atoms with Crippen LogP contribution in [0.1, 0.15) is 48.5 Å². The number of carbonyl (C=O) groups excluding carboxylic acids is 3. The van der Waals surface area contributed by atoms with Gasteiger partial charge in [0.05, 0.1) is 13.2 Å². The van der Waals surface area contributed by atoms with E-state index in [0.29, 0.717) is 18.6 Å². The van der Waals surface area contributed by atoms with Crippen molar-refractivity contribution in [2.45, 2.75) is 44.6 Å². The first-order valence-electron chi connectivity index (χ1n) is 8.94. The summed E-state index contributed by atoms with van der Waals surface area (Å²) in [5, 5.41) is 2.88. The smallest absolute Gasteiger partial charge is 0.325 e. The summed E-state index contributed by atoms with van der Waals surface area (Å²) in [5.41, 5.74) is 0.699. The van der Waals surface area contributed by atoms with E-state index in [1.807, 2.05) is 13.0 Å². The molecule has 3 amide bonds. The van der Waals surface area contributed by atoms with Crippen molar-refractivity contribution in [3.8, 4) is 5.75 Å². The minimum Gasteiger partial charge on any atom is -0.493 e. The van der Waals surface area contributed by atoms with E-state index in [0.717, 1.165) is 41.9 Å². The number of amides is 3. The molecule has 25 heavy (non-hydrogen) atoms. The summed E-state index contributed by atoms with van der Waals surface area (Å²) in [5.74, 6) is 0.428. The molecule has 1 aromatic carbocycles. The molecule has 0 bridgehead atoms. The Morgan fingerprint density at radius 3 is 3.00 bits per heavy atom. The van der Waals surface area contributed by atoms with Gasteiger partial charge in [0.25, 0.3) is 5.91 Å². The zero-order valence-electron chi connectivity index (χ0n) is 14.3. The standard InChI is InChI=1S/C19H22N2O4/c1-12-4-2-3-8-19(12)17(23)21(18(24)20-19)11-15(22)13-5-6-16-14(10-13)7-9-25-16/h5-6,10,12H,2-4,7-9,11H2,1H3,(H,20,24)/t12-,19+/m1/s1. The normalized spacial score (nSPS) is 28.0. The fraction of sp³-hybridized carbons (Fsp3) is 0.526. The predicted octanol–water partition coefficient (Wildman–Crippen LogP) is 2.30. The highest BCUT2D eigenvalue weighted by molar-refractivity contribution is 6.11. The maximum absolute atomic E-state index is 12.9. The van der Waals surface area contributed by atoms with Crippen LogP contribution in [-0.2, 0) is 11.2 Å². The van der Waals surface area contributed by atoms with Crippen LogP contribution in [-0.4, -0.2) is 41.3 Å². The van der Waals surface area contributed by atoms with Gasteiger partial charge in [-0.25, -0.2) is 4.79 Å². The number of hydrogen-bond acceptors (Lipinski definition) is 4. The van der Waals surface area contributed by atoms with E-state index < -0.39 is 11.6 Å². The van der Waals surface area contributed by atoms with Crippen molar-refractivity contribution in [3.63, 3.8) is 0 Å². The molecule has 1 saturated carbocycles. The van der Waals surface area contributed by atoms with E-state index in [9.17, 15) is 14.4 Å². The topological polar surface area (TPSA) is 75.7 Å². The van der Waals surface area contributed by atoms with Crippen LogP contribution in [0.3, 0.4) is 0 Å². The van der Waals surface area contributed by atoms with E-state index in [-0.39, 0.29) is 24.2 Å². The number of carbonyl (C=O) groups is 3. The first-order valence-corrected chi connectivity index (χ1v) is 8.94. The highest BCUT2D eigenvalue weighted by atomic mass is 16.5. The lowest BCUT2D eigenvalue weighted by molar-refractivity contribution is -0.133. The Morgan fingerprint density at radius 2 is 2.20 bits per heavy atom. The molecule has 1 spiro atoms. The number of rotatable bonds is 3. The van der Waals surface area contributed by atoms with Crippen LogP contribution in [0.2, 0.25) is 0 Å². The van der Waals surface area contributed by atoms with Gasteiger partial charge < -0.3 is 10.1 Å². The number of urea groups is 1. The Morgan fingerprint density at radius 1 is 1.36 bits per heavy atom. The molecule has 1 aromatic rings. The predicted molar refractivity (Wildman–Crippen MR) is 90.6 cm³/mol. The van der Waals surface area contributed by atoms with Crippen LogP contribution >= 0.6 is 0 Å². The number of imide groups is 1. The SMILES string of the molecule is C[C@@H]1CCCC[C@]12NC(=O)N(CC(=O)c1ccc3c(c1)CCO3)C2=O. The third-order valence-corrected chi connectivity index (χ3v) is 5.81. The zero-order valence-corrected chi connectivity index (χ0v) is 14.3. The van der Waals surface area contributed by atoms with E-state index in [1.165, 1.54) is 0 Å². The Balaban J connectivity index is 1.53. The van der Waals surface area contributed by atoms with Gasteiger partial charge >= 0.3 is 6.03 Å². The van der Waals surface area contributed by atoms with Gasteiger partial charge in [-0.1, -0.05) is 19.8 Å². The maximum atomic E-state index is 12.9. The molecule has 1 saturated heterocycles. The third kappa shape index (κ3) is 2.51. The summed E-state index contributed by atoms with van der Waals surface area (Å²) in [7, 11) is 0. The van der Waals surface area contributed by atoms with Gasteiger partial charge in [-0.3, -0.25) is 14.5 Å². The molecule has 1 N–H and O–H groups in total. The van der Waals surface area contributed by atoms with Gasteiger partial charge in [-0.15, -0.1) is 0 Å². The van der Waals surface area contributed by atoms with Gasteiger partial charge in [0, 0.05) is 12.0 Å². The molecule has 2 atom stereocenters. The lowest BCUT2D eigenvalue weighted by Crippen LogP contribution is -2.54. The molecular formula is C19H22N2O4. The van der Waals surface area contributed by atoms with Crippen LogP contribution < -0.4 is 10.1 Å². The van der Waals surface area contributed by atoms with E-state index in [2.05, 4.69) is 5.32 Å². The molecule has 3 aliphatic rings. The zero-order chi connectivity index (χ0) is 17.6. The summed E-state index contributed by atoms with van der Waals surface area (Å²) in [4.78, 5) is 39.0. The summed E-state index contributed by atoms with van der Waals surface area (Å²) in [6.45, 7) is 2.42. The average molecular weight is 342 g/mol. The fourth-order valence-corrected chi connectivity index (χ4v) is 4.23. The lowest BCUT2D eigenvalue weighted by Gasteiger charge is -2.36. The average Bonchev–Trinajstić information content (AvgIpc) is 3.16. The van der Waals surface area contributed by atoms with Gasteiger partial charge in [0.1, 0.15) is 11.3 Å². The number of benzene rings is 1. The number of fused-ring (bicyclic) bond motifs is 1. The molecule has 4 rings (SSSR count). The first kappa shape index (κ1) is 16.1. The van der Waals surface area contributed by atoms with Crippen molar-refractivity contribution >= 4 is 17.7 Å². The number of hydrogen-bond donors (Lipinski definition) is 1. The molecule has 6 heteroatoms. The molecule has 2 aliphatic heterocycles. The molecule has 132 valence electrons. The first-order chi connectivity index (χ1) is 12.0. The molecule has 2 heterocycles. The van der Waals surface area contributed by atoms with E-state index in [1.54, 1.807) is 12.1 Å². The Bertz CT molecular complexity index is 760. The Kier molecular flexibility index (Phi) is 3.78. The van der Waals surface area contributed by atoms with Gasteiger partial charge in [0.15, 0.2) is 5.78 Å². The van der Waals surface area contributed by atoms with Crippen molar-refractivity contribution in [1.29, 1.82) is 0 Å². The van der Waals surface area contributed by atoms with E-state index in [4.69, 9.17) is 4.74 Å². The molecule has 1 aliphatic carbocycles. The summed E-state index contributed by atoms with van der Waals surface area (Å²) < 4.78 is 5.45. The molecule has 2 fully saturated rings. The van der Waals surface area contributed by atoms with Crippen molar-refractivity contribution in [1.82, 2.24) is 10.2 Å². The molecule has 0 radical (unpaired) electrons.